The Kier molecular flexibility index (Phi) is 23.1. The fourth-order valence-electron chi connectivity index (χ4n) is 8.74. The summed E-state index contributed by atoms with van der Waals surface area (Å²) in [5.41, 5.74) is 6.38. The van der Waals surface area contributed by atoms with Gasteiger partial charge in [0.2, 0.25) is 11.8 Å². The molecule has 9 amide bonds. The van der Waals surface area contributed by atoms with E-state index in [1.807, 2.05) is 51.1 Å². The van der Waals surface area contributed by atoms with E-state index in [1.165, 1.54) is 36.1 Å². The molecule has 0 unspecified atom stereocenters. The number of aliphatic hydroxyl groups excluding tert-OH is 1. The minimum atomic E-state index is -1.51. The molecule has 0 radical (unpaired) electrons. The van der Waals surface area contributed by atoms with Crippen molar-refractivity contribution in [2.75, 3.05) is 31.6 Å². The third-order valence-electron chi connectivity index (χ3n) is 12.8. The number of alkyl halides is 1. The highest BCUT2D eigenvalue weighted by atomic mass is 19.1. The number of nitrogens with one attached hydrogen (secondary N) is 5. The number of imide groups is 1. The van der Waals surface area contributed by atoms with E-state index >= 15 is 4.39 Å². The van der Waals surface area contributed by atoms with Crippen LogP contribution in [0.5, 0.6) is 0 Å². The van der Waals surface area contributed by atoms with Crippen LogP contribution in [0.1, 0.15) is 109 Å². The second-order valence-electron chi connectivity index (χ2n) is 20.6. The Morgan fingerprint density at radius 1 is 0.863 bits per heavy atom. The zero-order valence-corrected chi connectivity index (χ0v) is 45.8. The molecule has 0 aliphatic carbocycles. The second-order valence-corrected chi connectivity index (χ2v) is 20.6. The van der Waals surface area contributed by atoms with Crippen LogP contribution in [0, 0.1) is 17.0 Å². The maximum atomic E-state index is 15.2. The van der Waals surface area contributed by atoms with E-state index < -0.39 is 83.7 Å². The number of alkyl carbamates (subject to hydrolysis) is 1. The Balaban J connectivity index is 1.20. The number of nitrogens with two attached hydrogens (primary N) is 1. The number of benzene rings is 3. The topological polar surface area (TPSA) is 276 Å². The zero-order valence-electron chi connectivity index (χ0n) is 45.8. The predicted molar refractivity (Wildman–Crippen MR) is 291 cm³/mol. The molecule has 4 aromatic rings. The molecule has 430 valence electrons. The van der Waals surface area contributed by atoms with E-state index in [0.717, 1.165) is 28.7 Å². The first-order valence-electron chi connectivity index (χ1n) is 26.2. The van der Waals surface area contributed by atoms with E-state index in [-0.39, 0.29) is 93.1 Å². The van der Waals surface area contributed by atoms with Gasteiger partial charge in [0.15, 0.2) is 0 Å². The molecule has 5 rings (SSSR count). The molecule has 4 atom stereocenters. The summed E-state index contributed by atoms with van der Waals surface area (Å²) in [6.45, 7) is 9.04. The standard InChI is InChI=1S/C57H71F3N10O10/c1-35(2)49(67-46(72)17-11-8-12-28-69-47(73)24-25-48(69)74)53(76)66-44(16-13-27-62-55(61)78)52(75)63-40-21-18-38(19-22-40)34-80-56(79)64-41(31-58)26-29-70(54(77)36(3)71)50(57(4,5)6)51-65-45(42-30-39(59)20-23-43(42)60)33-68(51)32-37-14-9-7-10-15-37/h7,9-10,14-15,18-25,30,33,36,41,44,50,71H,8,11-13,16-17,26-29,31-32,34H2,1-6H3,(H,63,75)(H,64,79)(H,66,76)(H,67,72)(H3,61,62,78)/t36-,41+,44-,50-/m0/s1. The third kappa shape index (κ3) is 18.7. The molecule has 0 saturated heterocycles. The zero-order chi connectivity index (χ0) is 58.7. The van der Waals surface area contributed by atoms with Crippen molar-refractivity contribution in [1.29, 1.82) is 0 Å². The third-order valence-corrected chi connectivity index (χ3v) is 12.8. The molecule has 20 nitrogen and oxygen atoms in total. The van der Waals surface area contributed by atoms with Gasteiger partial charge in [-0.05, 0) is 105 Å². The van der Waals surface area contributed by atoms with Gasteiger partial charge in [0, 0.05) is 62.2 Å². The summed E-state index contributed by atoms with van der Waals surface area (Å²) in [6.07, 6.45) is 3.10. The van der Waals surface area contributed by atoms with Gasteiger partial charge in [-0.2, -0.15) is 0 Å². The number of anilines is 1. The molecule has 0 spiro atoms. The van der Waals surface area contributed by atoms with Crippen LogP contribution in [0.4, 0.5) is 28.4 Å². The van der Waals surface area contributed by atoms with Crippen molar-refractivity contribution in [3.63, 3.8) is 0 Å². The molecule has 1 aromatic heterocycles. The highest BCUT2D eigenvalue weighted by molar-refractivity contribution is 6.12. The lowest BCUT2D eigenvalue weighted by Crippen LogP contribution is -2.48. The van der Waals surface area contributed by atoms with Crippen LogP contribution < -0.4 is 32.3 Å². The van der Waals surface area contributed by atoms with Gasteiger partial charge in [0.25, 0.3) is 23.6 Å². The van der Waals surface area contributed by atoms with Crippen molar-refractivity contribution in [2.45, 2.75) is 124 Å². The monoisotopic (exact) mass is 1110 g/mol. The predicted octanol–water partition coefficient (Wildman–Crippen LogP) is 6.60. The number of hydrogen-bond donors (Lipinski definition) is 7. The van der Waals surface area contributed by atoms with E-state index in [9.17, 15) is 52.2 Å². The summed E-state index contributed by atoms with van der Waals surface area (Å²) in [5.74, 6) is -4.43. The number of carbonyl (C=O) groups excluding carboxylic acids is 8. The Labute approximate surface area is 462 Å². The molecular formula is C57H71F3N10O10. The maximum absolute atomic E-state index is 15.2. The molecule has 8 N–H and O–H groups in total. The normalized spacial score (nSPS) is 13.7. The number of aromatic nitrogens is 2. The fraction of sp³-hybridized carbons (Fsp3) is 0.421. The summed E-state index contributed by atoms with van der Waals surface area (Å²) in [6, 6.07) is 14.4. The van der Waals surface area contributed by atoms with Gasteiger partial charge in [0.1, 0.15) is 48.6 Å². The van der Waals surface area contributed by atoms with Crippen LogP contribution in [0.15, 0.2) is 102 Å². The van der Waals surface area contributed by atoms with E-state index in [4.69, 9.17) is 15.5 Å². The average molecular weight is 1110 g/mol. The number of rotatable bonds is 28. The van der Waals surface area contributed by atoms with Crippen LogP contribution in [0.3, 0.4) is 0 Å². The lowest BCUT2D eigenvalue weighted by Gasteiger charge is -2.41. The van der Waals surface area contributed by atoms with Crippen molar-refractivity contribution in [3.8, 4) is 11.3 Å². The summed E-state index contributed by atoms with van der Waals surface area (Å²) in [4.78, 5) is 109. The average Bonchev–Trinajstić information content (AvgIpc) is 4.03. The number of hydrogen-bond acceptors (Lipinski definition) is 11. The van der Waals surface area contributed by atoms with Gasteiger partial charge in [-0.15, -0.1) is 0 Å². The molecule has 1 aliphatic heterocycles. The number of allylic oxidation sites excluding steroid dienone is 1. The van der Waals surface area contributed by atoms with Gasteiger partial charge >= 0.3 is 12.1 Å². The number of unbranched alkanes of at least 4 members (excludes halogenated alkanes) is 2. The summed E-state index contributed by atoms with van der Waals surface area (Å²) >= 11 is 0. The number of nitrogens with zero attached hydrogens (tertiary/aromatic N) is 4. The van der Waals surface area contributed by atoms with Gasteiger partial charge in [-0.1, -0.05) is 69.7 Å². The minimum Gasteiger partial charge on any atom is -0.445 e. The SMILES string of the molecule is CC(C)=C(NC(=O)CCCCCN1C(=O)C=CC1=O)C(=O)N[C@@H](CCCNC(N)=O)C(=O)Nc1ccc(COC(=O)N[C@@H](CF)CCN(C(=O)[C@H](C)O)[C@@H](c2nc(-c3cc(F)ccc3F)cn2Cc2ccccc2)C(C)(C)C)cc1. The molecular weight excluding hydrogens is 1040 g/mol. The molecule has 1 aliphatic rings. The van der Waals surface area contributed by atoms with Crippen LogP contribution in [0.25, 0.3) is 11.3 Å². The first-order chi connectivity index (χ1) is 37.9. The number of aliphatic hydroxyl groups is 1. The maximum Gasteiger partial charge on any atom is 0.407 e. The van der Waals surface area contributed by atoms with E-state index in [1.54, 1.807) is 36.7 Å². The largest absolute Gasteiger partial charge is 0.445 e. The summed E-state index contributed by atoms with van der Waals surface area (Å²) in [5, 5.41) is 23.6. The van der Waals surface area contributed by atoms with Crippen LogP contribution in [0.2, 0.25) is 0 Å². The van der Waals surface area contributed by atoms with Crippen molar-refractivity contribution in [1.82, 2.24) is 40.6 Å². The van der Waals surface area contributed by atoms with Crippen LogP contribution >= 0.6 is 0 Å². The number of imidazole rings is 1. The molecule has 23 heteroatoms. The van der Waals surface area contributed by atoms with Crippen molar-refractivity contribution < 1.29 is 61.4 Å². The number of halogens is 3. The molecule has 0 fully saturated rings. The lowest BCUT2D eigenvalue weighted by atomic mass is 9.84. The van der Waals surface area contributed by atoms with Gasteiger partial charge in [-0.3, -0.25) is 33.7 Å². The quantitative estimate of drug-likeness (QED) is 0.0181. The Hall–Kier alpha value is -8.34. The second kappa shape index (κ2) is 29.6. The number of carbonyl (C=O) groups is 8. The van der Waals surface area contributed by atoms with Gasteiger partial charge < -0.3 is 51.6 Å². The number of primary amides is 1. The molecule has 0 saturated carbocycles. The molecule has 80 heavy (non-hydrogen) atoms. The van der Waals surface area contributed by atoms with Gasteiger partial charge in [-0.25, -0.2) is 27.7 Å². The van der Waals surface area contributed by atoms with Crippen LogP contribution in [-0.4, -0.2) is 117 Å². The van der Waals surface area contributed by atoms with Gasteiger partial charge in [0.05, 0.1) is 17.8 Å². The highest BCUT2D eigenvalue weighted by Crippen LogP contribution is 2.40. The first-order valence-corrected chi connectivity index (χ1v) is 26.2. The first kappa shape index (κ1) is 62.5. The van der Waals surface area contributed by atoms with Crippen molar-refractivity contribution in [2.24, 2.45) is 11.1 Å². The molecule has 0 bridgehead atoms. The van der Waals surface area contributed by atoms with E-state index in [0.29, 0.717) is 36.1 Å². The lowest BCUT2D eigenvalue weighted by molar-refractivity contribution is -0.145. The smallest absolute Gasteiger partial charge is 0.407 e. The summed E-state index contributed by atoms with van der Waals surface area (Å²) < 4.78 is 51.6. The highest BCUT2D eigenvalue weighted by Gasteiger charge is 2.40. The Morgan fingerprint density at radius 2 is 1.55 bits per heavy atom. The van der Waals surface area contributed by atoms with Crippen LogP contribution in [-0.2, 0) is 46.7 Å². The summed E-state index contributed by atoms with van der Waals surface area (Å²) in [7, 11) is 0. The molecule has 2 heterocycles. The van der Waals surface area contributed by atoms with Crippen molar-refractivity contribution >= 4 is 53.3 Å². The Morgan fingerprint density at radius 3 is 2.17 bits per heavy atom. The number of urea groups is 1. The van der Waals surface area contributed by atoms with E-state index in [2.05, 4.69) is 26.6 Å². The molecule has 3 aromatic carbocycles. The minimum absolute atomic E-state index is 0.0450. The fourth-order valence-corrected chi connectivity index (χ4v) is 8.74. The van der Waals surface area contributed by atoms with Crippen molar-refractivity contribution in [3.05, 3.63) is 131 Å². The number of ether oxygens (including phenoxy) is 1. The Bertz CT molecular complexity index is 2880. The number of amides is 9.